The van der Waals surface area contributed by atoms with E-state index >= 15 is 0 Å². The van der Waals surface area contributed by atoms with Crippen molar-refractivity contribution in [3.8, 4) is 11.5 Å². The second kappa shape index (κ2) is 9.56. The molecule has 0 bridgehead atoms. The van der Waals surface area contributed by atoms with Gasteiger partial charge < -0.3 is 14.8 Å². The Hall–Kier alpha value is -2.79. The molecule has 2 rings (SSSR count). The summed E-state index contributed by atoms with van der Waals surface area (Å²) in [7, 11) is -4.26. The number of sulfonamides is 1. The molecule has 0 aliphatic carbocycles. The molecule has 0 radical (unpaired) electrons. The molecule has 2 aromatic carbocycles. The highest BCUT2D eigenvalue weighted by atomic mass is 32.2. The highest BCUT2D eigenvalue weighted by molar-refractivity contribution is 7.92. The minimum absolute atomic E-state index is 0.171. The van der Waals surface area contributed by atoms with Gasteiger partial charge in [0.25, 0.3) is 0 Å². The molecule has 0 unspecified atom stereocenters. The van der Waals surface area contributed by atoms with Crippen LogP contribution in [0.25, 0.3) is 0 Å². The van der Waals surface area contributed by atoms with Gasteiger partial charge in [-0.3, -0.25) is 9.10 Å². The Labute approximate surface area is 182 Å². The predicted octanol–water partition coefficient (Wildman–Crippen LogP) is 1.75. The number of sulfone groups is 1. The van der Waals surface area contributed by atoms with Gasteiger partial charge in [-0.25, -0.2) is 16.8 Å². The molecular formula is C20H26N2O7S2. The maximum Gasteiger partial charge on any atom is 0.241 e. The van der Waals surface area contributed by atoms with E-state index < -0.39 is 38.4 Å². The first-order valence-corrected chi connectivity index (χ1v) is 12.9. The van der Waals surface area contributed by atoms with Crippen LogP contribution < -0.4 is 19.1 Å². The lowest BCUT2D eigenvalue weighted by Crippen LogP contribution is -2.41. The van der Waals surface area contributed by atoms with Gasteiger partial charge in [0.05, 0.1) is 37.1 Å². The Balaban J connectivity index is 2.22. The molecule has 0 spiro atoms. The van der Waals surface area contributed by atoms with Crippen LogP contribution in [0.15, 0.2) is 47.4 Å². The van der Waals surface area contributed by atoms with Gasteiger partial charge in [-0.1, -0.05) is 12.1 Å². The molecular weight excluding hydrogens is 444 g/mol. The second-order valence-electron chi connectivity index (χ2n) is 6.94. The number of amides is 1. The zero-order valence-corrected chi connectivity index (χ0v) is 19.6. The molecule has 1 N–H and O–H groups in total. The molecule has 0 saturated carbocycles. The quantitative estimate of drug-likeness (QED) is 0.593. The van der Waals surface area contributed by atoms with Crippen LogP contribution >= 0.6 is 0 Å². The molecule has 31 heavy (non-hydrogen) atoms. The monoisotopic (exact) mass is 470 g/mol. The predicted molar refractivity (Wildman–Crippen MR) is 118 cm³/mol. The van der Waals surface area contributed by atoms with Crippen molar-refractivity contribution in [3.63, 3.8) is 0 Å². The van der Waals surface area contributed by atoms with Gasteiger partial charge in [0.15, 0.2) is 9.84 Å². The molecule has 9 nitrogen and oxygen atoms in total. The fourth-order valence-electron chi connectivity index (χ4n) is 2.88. The third-order valence-electron chi connectivity index (χ3n) is 4.53. The maximum absolute atomic E-state index is 12.6. The number of ether oxygens (including phenoxy) is 2. The van der Waals surface area contributed by atoms with Gasteiger partial charge in [-0.2, -0.15) is 0 Å². The van der Waals surface area contributed by atoms with Crippen LogP contribution in [0.3, 0.4) is 0 Å². The summed E-state index contributed by atoms with van der Waals surface area (Å²) in [5.41, 5.74) is 0.875. The van der Waals surface area contributed by atoms with E-state index in [0.717, 1.165) is 16.8 Å². The first-order chi connectivity index (χ1) is 14.4. The Morgan fingerprint density at radius 2 is 1.61 bits per heavy atom. The molecule has 0 aliphatic heterocycles. The van der Waals surface area contributed by atoms with E-state index in [1.54, 1.807) is 25.1 Å². The number of benzene rings is 2. The molecule has 0 saturated heterocycles. The molecule has 170 valence electrons. The first-order valence-electron chi connectivity index (χ1n) is 9.16. The van der Waals surface area contributed by atoms with E-state index in [0.29, 0.717) is 11.3 Å². The maximum atomic E-state index is 12.6. The summed E-state index contributed by atoms with van der Waals surface area (Å²) >= 11 is 0. The van der Waals surface area contributed by atoms with Gasteiger partial charge in [-0.05, 0) is 36.8 Å². The van der Waals surface area contributed by atoms with Crippen molar-refractivity contribution in [2.75, 3.05) is 37.6 Å². The Morgan fingerprint density at radius 3 is 2.10 bits per heavy atom. The number of carbonyl (C=O) groups excluding carboxylic acids is 1. The lowest BCUT2D eigenvalue weighted by Gasteiger charge is -2.25. The van der Waals surface area contributed by atoms with Gasteiger partial charge in [0.1, 0.15) is 18.0 Å². The molecule has 11 heteroatoms. The Bertz CT molecular complexity index is 1140. The third-order valence-corrected chi connectivity index (χ3v) is 6.78. The normalized spacial score (nSPS) is 12.7. The Kier molecular flexibility index (Phi) is 7.55. The number of nitrogens with one attached hydrogen (secondary N) is 1. The standard InChI is InChI=1S/C20H26N2O7S2/c1-14(15-6-9-17(10-7-15)30(4,24)25)21-20(23)13-22(31(5,26)27)18-11-8-16(28-2)12-19(18)29-3/h6-12,14H,13H2,1-5H3,(H,21,23)/t14-/m1/s1. The molecule has 0 heterocycles. The van der Waals surface area contributed by atoms with E-state index in [2.05, 4.69) is 5.32 Å². The van der Waals surface area contributed by atoms with E-state index in [1.165, 1.54) is 38.5 Å². The number of rotatable bonds is 9. The summed E-state index contributed by atoms with van der Waals surface area (Å²) in [6, 6.07) is 10.2. The van der Waals surface area contributed by atoms with Crippen LogP contribution in [0.4, 0.5) is 5.69 Å². The summed E-state index contributed by atoms with van der Waals surface area (Å²) in [4.78, 5) is 12.8. The zero-order chi connectivity index (χ0) is 23.4. The third kappa shape index (κ3) is 6.34. The largest absolute Gasteiger partial charge is 0.497 e. The van der Waals surface area contributed by atoms with Crippen molar-refractivity contribution in [2.45, 2.75) is 17.9 Å². The van der Waals surface area contributed by atoms with Crippen molar-refractivity contribution in [1.82, 2.24) is 5.32 Å². The van der Waals surface area contributed by atoms with E-state index in [1.807, 2.05) is 0 Å². The number of carbonyl (C=O) groups is 1. The van der Waals surface area contributed by atoms with Crippen LogP contribution in [0.5, 0.6) is 11.5 Å². The number of anilines is 1. The highest BCUT2D eigenvalue weighted by Crippen LogP contribution is 2.33. The van der Waals surface area contributed by atoms with Crippen LogP contribution in [-0.2, 0) is 24.7 Å². The number of nitrogens with zero attached hydrogens (tertiary/aromatic N) is 1. The van der Waals surface area contributed by atoms with Gasteiger partial charge in [0, 0.05) is 12.3 Å². The minimum Gasteiger partial charge on any atom is -0.497 e. The smallest absolute Gasteiger partial charge is 0.241 e. The summed E-state index contributed by atoms with van der Waals surface area (Å²) in [5, 5.41) is 2.73. The van der Waals surface area contributed by atoms with Gasteiger partial charge in [0.2, 0.25) is 15.9 Å². The van der Waals surface area contributed by atoms with Crippen LogP contribution in [0, 0.1) is 0 Å². The molecule has 0 aromatic heterocycles. The molecule has 1 amide bonds. The number of hydrogen-bond donors (Lipinski definition) is 1. The number of hydrogen-bond acceptors (Lipinski definition) is 7. The van der Waals surface area contributed by atoms with Gasteiger partial charge >= 0.3 is 0 Å². The fourth-order valence-corrected chi connectivity index (χ4v) is 4.37. The van der Waals surface area contributed by atoms with E-state index in [-0.39, 0.29) is 16.3 Å². The summed E-state index contributed by atoms with van der Waals surface area (Å²) in [5.74, 6) is 0.176. The molecule has 0 aliphatic rings. The topological polar surface area (TPSA) is 119 Å². The van der Waals surface area contributed by atoms with Gasteiger partial charge in [-0.15, -0.1) is 0 Å². The average Bonchev–Trinajstić information content (AvgIpc) is 2.70. The highest BCUT2D eigenvalue weighted by Gasteiger charge is 2.25. The van der Waals surface area contributed by atoms with Crippen LogP contribution in [0.2, 0.25) is 0 Å². The summed E-state index contributed by atoms with van der Waals surface area (Å²) in [6.07, 6.45) is 2.11. The molecule has 2 aromatic rings. The minimum atomic E-state index is -3.80. The fraction of sp³-hybridized carbons (Fsp3) is 0.350. The van der Waals surface area contributed by atoms with Crippen molar-refractivity contribution in [2.24, 2.45) is 0 Å². The number of methoxy groups -OCH3 is 2. The van der Waals surface area contributed by atoms with E-state index in [9.17, 15) is 21.6 Å². The summed E-state index contributed by atoms with van der Waals surface area (Å²) < 4.78 is 59.3. The lowest BCUT2D eigenvalue weighted by molar-refractivity contribution is -0.120. The van der Waals surface area contributed by atoms with Crippen LogP contribution in [-0.4, -0.2) is 56.0 Å². The second-order valence-corrected chi connectivity index (χ2v) is 10.9. The molecule has 1 atom stereocenters. The SMILES string of the molecule is COc1ccc(N(CC(=O)N[C@H](C)c2ccc(S(C)(=O)=O)cc2)S(C)(=O)=O)c(OC)c1. The zero-order valence-electron chi connectivity index (χ0n) is 17.9. The first kappa shape index (κ1) is 24.5. The average molecular weight is 471 g/mol. The summed E-state index contributed by atoms with van der Waals surface area (Å²) in [6.45, 7) is 1.25. The van der Waals surface area contributed by atoms with Crippen molar-refractivity contribution < 1.29 is 31.1 Å². The van der Waals surface area contributed by atoms with E-state index in [4.69, 9.17) is 9.47 Å². The lowest BCUT2D eigenvalue weighted by atomic mass is 10.1. The molecule has 0 fully saturated rings. The van der Waals surface area contributed by atoms with Crippen molar-refractivity contribution >= 4 is 31.5 Å². The van der Waals surface area contributed by atoms with Crippen LogP contribution in [0.1, 0.15) is 18.5 Å². The Morgan fingerprint density at radius 1 is 1.00 bits per heavy atom. The van der Waals surface area contributed by atoms with Crippen molar-refractivity contribution in [3.05, 3.63) is 48.0 Å². The van der Waals surface area contributed by atoms with Crippen molar-refractivity contribution in [1.29, 1.82) is 0 Å².